The molecule has 0 bridgehead atoms. The van der Waals surface area contributed by atoms with E-state index in [-0.39, 0.29) is 22.7 Å². The van der Waals surface area contributed by atoms with Crippen molar-refractivity contribution in [1.29, 1.82) is 0 Å². The van der Waals surface area contributed by atoms with Crippen LogP contribution in [-0.4, -0.2) is 24.6 Å². The second-order valence-corrected chi connectivity index (χ2v) is 15.1. The van der Waals surface area contributed by atoms with Gasteiger partial charge in [-0.1, -0.05) is 107 Å². The maximum atomic E-state index is 5.92. The van der Waals surface area contributed by atoms with Crippen LogP contribution in [-0.2, 0) is 10.8 Å². The molecule has 0 saturated carbocycles. The van der Waals surface area contributed by atoms with Crippen molar-refractivity contribution in [3.05, 3.63) is 126 Å². The lowest BCUT2D eigenvalue weighted by molar-refractivity contribution is 0.466. The maximum absolute atomic E-state index is 5.92. The molecule has 0 aliphatic rings. The third kappa shape index (κ3) is 6.58. The molecular weight excluding hydrogens is 533 g/mol. The predicted octanol–water partition coefficient (Wildman–Crippen LogP) is 5.60. The first-order valence-electron chi connectivity index (χ1n) is 14.7. The van der Waals surface area contributed by atoms with E-state index in [1.54, 1.807) is 0 Å². The molecule has 0 fully saturated rings. The highest BCUT2D eigenvalue weighted by Gasteiger charge is 2.50. The van der Waals surface area contributed by atoms with Crippen LogP contribution in [0, 0.1) is 0 Å². The van der Waals surface area contributed by atoms with Gasteiger partial charge in [0.1, 0.15) is 23.2 Å². The molecule has 5 nitrogen and oxygen atoms in total. The molecule has 6 heteroatoms. The first-order chi connectivity index (χ1) is 20.2. The molecule has 0 radical (unpaired) electrons. The number of guanidine groups is 2. The molecule has 0 aliphatic carbocycles. The number of aliphatic imine (C=N–C) groups is 2. The largest absolute Gasteiger partial charge is 0.370 e. The van der Waals surface area contributed by atoms with Crippen molar-refractivity contribution < 1.29 is 0 Å². The van der Waals surface area contributed by atoms with Crippen LogP contribution < -0.4 is 33.1 Å². The zero-order chi connectivity index (χ0) is 30.2. The smallest absolute Gasteiger partial charge is 0.218 e. The van der Waals surface area contributed by atoms with Gasteiger partial charge in [0.05, 0.1) is 12.7 Å². The van der Waals surface area contributed by atoms with Crippen molar-refractivity contribution in [2.45, 2.75) is 51.4 Å². The second kappa shape index (κ2) is 13.4. The number of benzene rings is 4. The Morgan fingerprint density at radius 3 is 1.33 bits per heavy atom. The van der Waals surface area contributed by atoms with Gasteiger partial charge in [0.15, 0.2) is 5.96 Å². The maximum Gasteiger partial charge on any atom is 0.218 e. The first-order valence-corrected chi connectivity index (χ1v) is 16.7. The molecule has 4 rings (SSSR count). The van der Waals surface area contributed by atoms with Crippen LogP contribution in [0.25, 0.3) is 0 Å². The Balaban J connectivity index is 1.79. The molecule has 0 aromatic heterocycles. The number of nitrogens with two attached hydrogens (primary N) is 3. The van der Waals surface area contributed by atoms with E-state index in [1.807, 2.05) is 0 Å². The zero-order valence-electron chi connectivity index (χ0n) is 25.4. The quantitative estimate of drug-likeness (QED) is 0.123. The van der Waals surface area contributed by atoms with Gasteiger partial charge in [-0.15, -0.1) is 0 Å². The molecule has 0 heterocycles. The molecule has 6 N–H and O–H groups in total. The topological polar surface area (TPSA) is 103 Å². The Bertz CT molecular complexity index is 1390. The summed E-state index contributed by atoms with van der Waals surface area (Å²) in [5, 5.41) is 4.23. The van der Waals surface area contributed by atoms with Gasteiger partial charge < -0.3 is 17.2 Å². The minimum atomic E-state index is -2.00. The van der Waals surface area contributed by atoms with Crippen molar-refractivity contribution in [3.8, 4) is 0 Å². The summed E-state index contributed by atoms with van der Waals surface area (Å²) >= 11 is 0. The first kappa shape index (κ1) is 31.0. The fraction of sp³-hybridized carbons (Fsp3) is 0.278. The molecule has 42 heavy (non-hydrogen) atoms. The fourth-order valence-corrected chi connectivity index (χ4v) is 10.7. The molecule has 2 atom stereocenters. The van der Waals surface area contributed by atoms with Crippen molar-refractivity contribution in [2.24, 2.45) is 27.2 Å². The van der Waals surface area contributed by atoms with E-state index in [2.05, 4.69) is 153 Å². The van der Waals surface area contributed by atoms with Gasteiger partial charge in [-0.3, -0.25) is 4.99 Å². The average Bonchev–Trinajstić information content (AvgIpc) is 3.03. The number of nitrogens with zero attached hydrogens (tertiary/aromatic N) is 2. The molecule has 2 unspecified atom stereocenters. The lowest BCUT2D eigenvalue weighted by Gasteiger charge is -2.37. The van der Waals surface area contributed by atoms with Crippen LogP contribution in [0.5, 0.6) is 0 Å². The third-order valence-corrected chi connectivity index (χ3v) is 13.6. The van der Waals surface area contributed by atoms with E-state index in [1.165, 1.54) is 27.0 Å². The summed E-state index contributed by atoms with van der Waals surface area (Å²) in [5.41, 5.74) is 19.2. The van der Waals surface area contributed by atoms with E-state index in [4.69, 9.17) is 17.2 Å². The lowest BCUT2D eigenvalue weighted by Crippen LogP contribution is -2.40. The SMILES string of the molecule is CCC(C)(CN=C(N)N=C(N)N)c1ccc(C(C)(CC)C[P+](c2ccccc2)(c2ccccc2)c2ccccc2)cc1. The van der Waals surface area contributed by atoms with Gasteiger partial charge in [0.2, 0.25) is 5.96 Å². The van der Waals surface area contributed by atoms with Gasteiger partial charge in [-0.2, -0.15) is 4.99 Å². The second-order valence-electron chi connectivity index (χ2n) is 11.6. The molecule has 218 valence electrons. The van der Waals surface area contributed by atoms with E-state index >= 15 is 0 Å². The average molecular weight is 579 g/mol. The van der Waals surface area contributed by atoms with Gasteiger partial charge in [-0.05, 0) is 60.4 Å². The Morgan fingerprint density at radius 1 is 0.595 bits per heavy atom. The summed E-state index contributed by atoms with van der Waals surface area (Å²) < 4.78 is 0. The van der Waals surface area contributed by atoms with Crippen molar-refractivity contribution in [2.75, 3.05) is 12.7 Å². The third-order valence-electron chi connectivity index (χ3n) is 8.85. The molecule has 0 spiro atoms. The minimum Gasteiger partial charge on any atom is -0.370 e. The number of hydrogen-bond acceptors (Lipinski definition) is 1. The highest BCUT2D eigenvalue weighted by molar-refractivity contribution is 7.95. The van der Waals surface area contributed by atoms with Crippen LogP contribution in [0.3, 0.4) is 0 Å². The Morgan fingerprint density at radius 2 is 0.976 bits per heavy atom. The van der Waals surface area contributed by atoms with Crippen LogP contribution in [0.15, 0.2) is 125 Å². The Labute approximate surface area is 252 Å². The van der Waals surface area contributed by atoms with Crippen LogP contribution in [0.1, 0.15) is 51.7 Å². The monoisotopic (exact) mass is 578 g/mol. The Hall–Kier alpha value is -3.95. The van der Waals surface area contributed by atoms with Crippen LogP contribution >= 0.6 is 7.26 Å². The number of hydrogen-bond donors (Lipinski definition) is 3. The summed E-state index contributed by atoms with van der Waals surface area (Å²) in [6, 6.07) is 42.6. The fourth-order valence-electron chi connectivity index (χ4n) is 5.80. The minimum absolute atomic E-state index is 0.0631. The number of rotatable bonds is 11. The van der Waals surface area contributed by atoms with Gasteiger partial charge in [0, 0.05) is 10.8 Å². The summed E-state index contributed by atoms with van der Waals surface area (Å²) in [5.74, 6) is 0.0194. The predicted molar refractivity (Wildman–Crippen MR) is 184 cm³/mol. The van der Waals surface area contributed by atoms with Crippen molar-refractivity contribution in [1.82, 2.24) is 0 Å². The van der Waals surface area contributed by atoms with Crippen LogP contribution in [0.4, 0.5) is 0 Å². The summed E-state index contributed by atoms with van der Waals surface area (Å²) in [4.78, 5) is 8.35. The van der Waals surface area contributed by atoms with Crippen molar-refractivity contribution >= 4 is 35.1 Å². The van der Waals surface area contributed by atoms with E-state index in [0.29, 0.717) is 6.54 Å². The van der Waals surface area contributed by atoms with E-state index < -0.39 is 7.26 Å². The summed E-state index contributed by atoms with van der Waals surface area (Å²) in [6.45, 7) is 9.64. The van der Waals surface area contributed by atoms with E-state index in [0.717, 1.165) is 19.0 Å². The zero-order valence-corrected chi connectivity index (χ0v) is 26.3. The standard InChI is InChI=1S/C36H45N5P/c1-5-35(3,26-40-34(39)41-33(37)38)28-22-24-29(25-23-28)36(4,6-2)27-42(30-16-10-7-11-17-30,31-18-12-8-13-19-31)32-20-14-9-15-21-32/h7-25H,5-6,26-27H2,1-4H3,(H6,37,38,39,40,41)/q+1. The lowest BCUT2D eigenvalue weighted by atomic mass is 9.77. The summed E-state index contributed by atoms with van der Waals surface area (Å²) in [6.07, 6.45) is 2.95. The Kier molecular flexibility index (Phi) is 9.85. The molecule has 4 aromatic rings. The molecule has 0 amide bonds. The molecule has 4 aromatic carbocycles. The van der Waals surface area contributed by atoms with Gasteiger partial charge in [0.25, 0.3) is 0 Å². The van der Waals surface area contributed by atoms with E-state index in [9.17, 15) is 0 Å². The van der Waals surface area contributed by atoms with Gasteiger partial charge in [-0.25, -0.2) is 0 Å². The van der Waals surface area contributed by atoms with Crippen molar-refractivity contribution in [3.63, 3.8) is 0 Å². The van der Waals surface area contributed by atoms with Gasteiger partial charge >= 0.3 is 0 Å². The highest BCUT2D eigenvalue weighted by Crippen LogP contribution is 2.59. The molecular formula is C36H45N5P+. The molecule has 0 aliphatic heterocycles. The normalized spacial score (nSPS) is 14.9. The molecule has 0 saturated heterocycles. The summed E-state index contributed by atoms with van der Waals surface area (Å²) in [7, 11) is -2.00. The van der Waals surface area contributed by atoms with Crippen LogP contribution in [0.2, 0.25) is 0 Å². The highest BCUT2D eigenvalue weighted by atomic mass is 31.2.